The smallest absolute Gasteiger partial charge is 0.213 e. The third kappa shape index (κ3) is 2.33. The average Bonchev–Trinajstić information content (AvgIpc) is 3.28. The minimum Gasteiger partial charge on any atom is -0.464 e. The quantitative estimate of drug-likeness (QED) is 0.675. The molecular formula is C21H18N2O2. The van der Waals surface area contributed by atoms with Crippen molar-refractivity contribution in [3.05, 3.63) is 89.4 Å². The Morgan fingerprint density at radius 1 is 0.960 bits per heavy atom. The van der Waals surface area contributed by atoms with Gasteiger partial charge in [-0.3, -0.25) is 0 Å². The lowest BCUT2D eigenvalue weighted by Gasteiger charge is -2.38. The van der Waals surface area contributed by atoms with Crippen molar-refractivity contribution in [1.82, 2.24) is 5.01 Å². The van der Waals surface area contributed by atoms with E-state index >= 15 is 0 Å². The van der Waals surface area contributed by atoms with Gasteiger partial charge < -0.3 is 9.15 Å². The summed E-state index contributed by atoms with van der Waals surface area (Å²) in [5.74, 6) is 2.68. The lowest BCUT2D eigenvalue weighted by molar-refractivity contribution is -0.0190. The topological polar surface area (TPSA) is 38.0 Å². The minimum atomic E-state index is -0.227. The normalized spacial score (nSPS) is 21.3. The summed E-state index contributed by atoms with van der Waals surface area (Å²) in [5, 5.41) is 6.96. The summed E-state index contributed by atoms with van der Waals surface area (Å²) in [6.07, 6.45) is 0.589. The van der Waals surface area contributed by atoms with E-state index in [-0.39, 0.29) is 12.3 Å². The zero-order valence-corrected chi connectivity index (χ0v) is 13.9. The van der Waals surface area contributed by atoms with Gasteiger partial charge in [-0.05, 0) is 25.1 Å². The van der Waals surface area contributed by atoms with Crippen LogP contribution in [0.4, 0.5) is 0 Å². The Morgan fingerprint density at radius 3 is 2.56 bits per heavy atom. The van der Waals surface area contributed by atoms with Gasteiger partial charge in [-0.1, -0.05) is 48.5 Å². The third-order valence-corrected chi connectivity index (χ3v) is 4.81. The van der Waals surface area contributed by atoms with E-state index in [1.807, 2.05) is 49.4 Å². The molecule has 0 amide bonds. The van der Waals surface area contributed by atoms with Gasteiger partial charge in [0.1, 0.15) is 23.0 Å². The number of hydrazone groups is 1. The van der Waals surface area contributed by atoms with Crippen molar-refractivity contribution >= 4 is 5.71 Å². The van der Waals surface area contributed by atoms with Crippen molar-refractivity contribution < 1.29 is 9.15 Å². The number of ether oxygens (including phenoxy) is 1. The van der Waals surface area contributed by atoms with E-state index in [9.17, 15) is 0 Å². The summed E-state index contributed by atoms with van der Waals surface area (Å²) in [6.45, 7) is 1.96. The lowest BCUT2D eigenvalue weighted by Crippen LogP contribution is -2.33. The van der Waals surface area contributed by atoms with E-state index in [1.54, 1.807) is 0 Å². The first-order chi connectivity index (χ1) is 12.3. The summed E-state index contributed by atoms with van der Waals surface area (Å²) in [4.78, 5) is 0. The molecule has 0 N–H and O–H groups in total. The molecule has 2 aromatic carbocycles. The second-order valence-electron chi connectivity index (χ2n) is 6.48. The molecule has 2 atom stereocenters. The Hall–Kier alpha value is -3.01. The van der Waals surface area contributed by atoms with Gasteiger partial charge in [-0.2, -0.15) is 5.10 Å². The van der Waals surface area contributed by atoms with Crippen LogP contribution in [0.25, 0.3) is 0 Å². The third-order valence-electron chi connectivity index (χ3n) is 4.81. The number of aryl methyl sites for hydroxylation is 1. The molecule has 0 unspecified atom stereocenters. The van der Waals surface area contributed by atoms with Crippen LogP contribution in [-0.4, -0.2) is 10.7 Å². The van der Waals surface area contributed by atoms with Crippen molar-refractivity contribution in [2.45, 2.75) is 25.6 Å². The van der Waals surface area contributed by atoms with Crippen molar-refractivity contribution in [1.29, 1.82) is 0 Å². The SMILES string of the molecule is Cc1ccc(C2=NN3[C@@H](c4ccccc4)Oc4ccccc4[C@@H]3C2)o1. The molecule has 3 heterocycles. The number of benzene rings is 2. The molecule has 0 saturated carbocycles. The van der Waals surface area contributed by atoms with E-state index in [0.29, 0.717) is 0 Å². The van der Waals surface area contributed by atoms with Crippen LogP contribution >= 0.6 is 0 Å². The summed E-state index contributed by atoms with van der Waals surface area (Å²) in [5.41, 5.74) is 3.25. The minimum absolute atomic E-state index is 0.163. The fraction of sp³-hybridized carbons (Fsp3) is 0.190. The Balaban J connectivity index is 1.60. The molecule has 4 heteroatoms. The van der Waals surface area contributed by atoms with Gasteiger partial charge >= 0.3 is 0 Å². The maximum absolute atomic E-state index is 6.31. The van der Waals surface area contributed by atoms with Crippen LogP contribution in [0.1, 0.15) is 41.3 Å². The van der Waals surface area contributed by atoms with E-state index in [4.69, 9.17) is 14.3 Å². The second-order valence-corrected chi connectivity index (χ2v) is 6.48. The van der Waals surface area contributed by atoms with Crippen molar-refractivity contribution in [2.75, 3.05) is 0 Å². The Morgan fingerprint density at radius 2 is 1.76 bits per heavy atom. The molecule has 0 aliphatic carbocycles. The lowest BCUT2D eigenvalue weighted by atomic mass is 9.97. The fourth-order valence-electron chi connectivity index (χ4n) is 3.61. The van der Waals surface area contributed by atoms with E-state index in [0.717, 1.165) is 35.0 Å². The molecular weight excluding hydrogens is 312 g/mol. The van der Waals surface area contributed by atoms with Crippen molar-refractivity contribution in [2.24, 2.45) is 5.10 Å². The standard InChI is InChI=1S/C21H18N2O2/c1-14-11-12-20(24-14)17-13-18-16-9-5-6-10-19(16)25-21(23(18)22-17)15-7-3-2-4-8-15/h2-12,18,21H,13H2,1H3/t18-,21+/m0/s1. The summed E-state index contributed by atoms with van der Waals surface area (Å²) in [6, 6.07) is 22.6. The van der Waals surface area contributed by atoms with Crippen LogP contribution in [0, 0.1) is 6.92 Å². The number of rotatable bonds is 2. The zero-order valence-electron chi connectivity index (χ0n) is 13.9. The van der Waals surface area contributed by atoms with Crippen LogP contribution in [0.3, 0.4) is 0 Å². The first kappa shape index (κ1) is 14.3. The molecule has 1 aromatic heterocycles. The number of fused-ring (bicyclic) bond motifs is 3. The van der Waals surface area contributed by atoms with E-state index in [2.05, 4.69) is 29.3 Å². The van der Waals surface area contributed by atoms with Gasteiger partial charge in [-0.15, -0.1) is 0 Å². The maximum atomic E-state index is 6.31. The highest BCUT2D eigenvalue weighted by molar-refractivity contribution is 5.99. The highest BCUT2D eigenvalue weighted by atomic mass is 16.5. The van der Waals surface area contributed by atoms with Crippen LogP contribution in [0.2, 0.25) is 0 Å². The van der Waals surface area contributed by atoms with Gasteiger partial charge in [0.15, 0.2) is 0 Å². The van der Waals surface area contributed by atoms with Gasteiger partial charge in [0.05, 0.1) is 6.04 Å². The van der Waals surface area contributed by atoms with Crippen LogP contribution in [0.5, 0.6) is 5.75 Å². The predicted molar refractivity (Wildman–Crippen MR) is 95.4 cm³/mol. The zero-order chi connectivity index (χ0) is 16.8. The number of hydrogen-bond donors (Lipinski definition) is 0. The molecule has 2 aliphatic rings. The van der Waals surface area contributed by atoms with Gasteiger partial charge in [0.25, 0.3) is 0 Å². The second kappa shape index (κ2) is 5.52. The molecule has 124 valence electrons. The molecule has 3 aromatic rings. The summed E-state index contributed by atoms with van der Waals surface area (Å²) in [7, 11) is 0. The van der Waals surface area contributed by atoms with Crippen LogP contribution < -0.4 is 4.74 Å². The highest BCUT2D eigenvalue weighted by Crippen LogP contribution is 2.47. The molecule has 0 bridgehead atoms. The van der Waals surface area contributed by atoms with Crippen LogP contribution in [0.15, 0.2) is 76.2 Å². The average molecular weight is 330 g/mol. The molecule has 4 nitrogen and oxygen atoms in total. The van der Waals surface area contributed by atoms with Gasteiger partial charge in [0, 0.05) is 17.5 Å². The number of furan rings is 1. The van der Waals surface area contributed by atoms with Crippen LogP contribution in [-0.2, 0) is 0 Å². The predicted octanol–water partition coefficient (Wildman–Crippen LogP) is 4.83. The Kier molecular flexibility index (Phi) is 3.17. The first-order valence-corrected chi connectivity index (χ1v) is 8.53. The van der Waals surface area contributed by atoms with Gasteiger partial charge in [-0.25, -0.2) is 5.01 Å². The first-order valence-electron chi connectivity index (χ1n) is 8.53. The number of nitrogens with zero attached hydrogens (tertiary/aromatic N) is 2. The Labute approximate surface area is 146 Å². The molecule has 0 saturated heterocycles. The molecule has 0 radical (unpaired) electrons. The maximum Gasteiger partial charge on any atom is 0.213 e. The molecule has 25 heavy (non-hydrogen) atoms. The highest BCUT2D eigenvalue weighted by Gasteiger charge is 2.41. The van der Waals surface area contributed by atoms with E-state index in [1.165, 1.54) is 5.56 Å². The fourth-order valence-corrected chi connectivity index (χ4v) is 3.61. The molecule has 2 aliphatic heterocycles. The number of para-hydroxylation sites is 1. The largest absolute Gasteiger partial charge is 0.464 e. The Bertz CT molecular complexity index is 945. The summed E-state index contributed by atoms with van der Waals surface area (Å²) < 4.78 is 12.1. The van der Waals surface area contributed by atoms with E-state index < -0.39 is 0 Å². The number of hydrogen-bond acceptors (Lipinski definition) is 4. The van der Waals surface area contributed by atoms with Gasteiger partial charge in [0.2, 0.25) is 6.23 Å². The monoisotopic (exact) mass is 330 g/mol. The molecule has 0 fully saturated rings. The summed E-state index contributed by atoms with van der Waals surface area (Å²) >= 11 is 0. The van der Waals surface area contributed by atoms with Crippen molar-refractivity contribution in [3.8, 4) is 5.75 Å². The molecule has 5 rings (SSSR count). The van der Waals surface area contributed by atoms with Crippen molar-refractivity contribution in [3.63, 3.8) is 0 Å². The molecule has 0 spiro atoms.